The van der Waals surface area contributed by atoms with Gasteiger partial charge in [-0.1, -0.05) is 48.0 Å². The molecule has 0 aliphatic heterocycles. The van der Waals surface area contributed by atoms with Crippen LogP contribution in [0.25, 0.3) is 6.08 Å². The third kappa shape index (κ3) is 5.76. The van der Waals surface area contributed by atoms with E-state index in [1.54, 1.807) is 24.3 Å². The molecule has 0 radical (unpaired) electrons. The molecule has 0 unspecified atom stereocenters. The highest BCUT2D eigenvalue weighted by molar-refractivity contribution is 6.03. The van der Waals surface area contributed by atoms with Crippen molar-refractivity contribution in [2.45, 2.75) is 13.5 Å². The Hall–Kier alpha value is -4.00. The number of carboxylic acid groups (broad SMARTS) is 1. The Bertz CT molecular complexity index is 1120. The normalized spacial score (nSPS) is 11.1. The van der Waals surface area contributed by atoms with Gasteiger partial charge in [0.25, 0.3) is 5.91 Å². The molecule has 3 aromatic carbocycles. The summed E-state index contributed by atoms with van der Waals surface area (Å²) in [5.41, 5.74) is 1.21. The summed E-state index contributed by atoms with van der Waals surface area (Å²) in [6.07, 6.45) is 1.18. The molecule has 2 N–H and O–H groups in total. The molecule has 0 bridgehead atoms. The van der Waals surface area contributed by atoms with E-state index in [0.717, 1.165) is 29.3 Å². The fraction of sp³-hybridized carbons (Fsp3) is 0.0833. The van der Waals surface area contributed by atoms with Gasteiger partial charge in [-0.15, -0.1) is 0 Å². The molecule has 0 aliphatic rings. The molecule has 0 heterocycles. The van der Waals surface area contributed by atoms with Crippen LogP contribution in [0.5, 0.6) is 5.75 Å². The van der Waals surface area contributed by atoms with Crippen LogP contribution in [0.15, 0.2) is 72.4 Å². The predicted molar refractivity (Wildman–Crippen MR) is 111 cm³/mol. The third-order valence-corrected chi connectivity index (χ3v) is 4.35. The number of carboxylic acids is 1. The lowest BCUT2D eigenvalue weighted by atomic mass is 10.1. The molecule has 158 valence electrons. The minimum Gasteiger partial charge on any atom is -0.489 e. The molecule has 3 aromatic rings. The standard InChI is InChI=1S/C24H19F2NO4/c1-15-4-2-5-17(12-15)14-31-18-10-8-16(9-11-18)13-21(24(29)30)27-23(28)22-19(25)6-3-7-20(22)26/h2-13H,14H2,1H3,(H,27,28)(H,29,30)/b21-13+. The largest absolute Gasteiger partial charge is 0.489 e. The van der Waals surface area contributed by atoms with Crippen LogP contribution >= 0.6 is 0 Å². The van der Waals surface area contributed by atoms with Crippen molar-refractivity contribution in [3.63, 3.8) is 0 Å². The second-order valence-electron chi connectivity index (χ2n) is 6.76. The molecule has 1 amide bonds. The Morgan fingerprint density at radius 1 is 1.00 bits per heavy atom. The Kier molecular flexibility index (Phi) is 6.77. The van der Waals surface area contributed by atoms with E-state index in [1.807, 2.05) is 36.5 Å². The lowest BCUT2D eigenvalue weighted by molar-refractivity contribution is -0.132. The molecule has 0 saturated heterocycles. The first kappa shape index (κ1) is 21.7. The molecule has 31 heavy (non-hydrogen) atoms. The summed E-state index contributed by atoms with van der Waals surface area (Å²) >= 11 is 0. The quantitative estimate of drug-likeness (QED) is 0.540. The Balaban J connectivity index is 1.71. The number of ether oxygens (including phenoxy) is 1. The van der Waals surface area contributed by atoms with Gasteiger partial charge in [-0.25, -0.2) is 13.6 Å². The molecule has 3 rings (SSSR count). The number of carbonyl (C=O) groups is 2. The zero-order chi connectivity index (χ0) is 22.4. The zero-order valence-corrected chi connectivity index (χ0v) is 16.6. The van der Waals surface area contributed by atoms with Crippen LogP contribution in [0, 0.1) is 18.6 Å². The van der Waals surface area contributed by atoms with E-state index in [1.165, 1.54) is 6.08 Å². The first-order valence-corrected chi connectivity index (χ1v) is 9.32. The van der Waals surface area contributed by atoms with Gasteiger partial charge in [0.1, 0.15) is 35.3 Å². The van der Waals surface area contributed by atoms with Crippen molar-refractivity contribution < 1.29 is 28.2 Å². The van der Waals surface area contributed by atoms with E-state index in [-0.39, 0.29) is 0 Å². The second kappa shape index (κ2) is 9.67. The van der Waals surface area contributed by atoms with Gasteiger partial charge in [0.2, 0.25) is 0 Å². The van der Waals surface area contributed by atoms with Crippen molar-refractivity contribution in [1.29, 1.82) is 0 Å². The first-order valence-electron chi connectivity index (χ1n) is 9.32. The maximum Gasteiger partial charge on any atom is 0.352 e. The molecule has 7 heteroatoms. The minimum absolute atomic E-state index is 0.376. The van der Waals surface area contributed by atoms with Crippen LogP contribution in [0.1, 0.15) is 27.0 Å². The van der Waals surface area contributed by atoms with Crippen molar-refractivity contribution in [2.75, 3.05) is 0 Å². The van der Waals surface area contributed by atoms with E-state index in [9.17, 15) is 23.5 Å². The third-order valence-electron chi connectivity index (χ3n) is 4.35. The second-order valence-corrected chi connectivity index (χ2v) is 6.76. The summed E-state index contributed by atoms with van der Waals surface area (Å²) in [5, 5.41) is 11.4. The molecule has 0 atom stereocenters. The number of carbonyl (C=O) groups excluding carboxylic acids is 1. The molecular formula is C24H19F2NO4. The number of hydrogen-bond acceptors (Lipinski definition) is 3. The highest BCUT2D eigenvalue weighted by Gasteiger charge is 2.20. The van der Waals surface area contributed by atoms with Crippen molar-refractivity contribution in [3.8, 4) is 5.75 Å². The zero-order valence-electron chi connectivity index (χ0n) is 16.6. The number of nitrogens with one attached hydrogen (secondary N) is 1. The van der Waals surface area contributed by atoms with Gasteiger partial charge in [0, 0.05) is 0 Å². The van der Waals surface area contributed by atoms with E-state index in [4.69, 9.17) is 4.74 Å². The lowest BCUT2D eigenvalue weighted by Gasteiger charge is -2.09. The summed E-state index contributed by atoms with van der Waals surface area (Å²) in [5.74, 6) is -4.24. The van der Waals surface area contributed by atoms with E-state index >= 15 is 0 Å². The van der Waals surface area contributed by atoms with E-state index < -0.39 is 34.8 Å². The fourth-order valence-corrected chi connectivity index (χ4v) is 2.85. The molecule has 0 fully saturated rings. The Labute approximate surface area is 177 Å². The average Bonchev–Trinajstić information content (AvgIpc) is 2.72. The number of benzene rings is 3. The van der Waals surface area contributed by atoms with Gasteiger partial charge < -0.3 is 15.2 Å². The van der Waals surface area contributed by atoms with Crippen LogP contribution in [0.3, 0.4) is 0 Å². The van der Waals surface area contributed by atoms with Gasteiger partial charge in [-0.2, -0.15) is 0 Å². The van der Waals surface area contributed by atoms with Crippen LogP contribution in [-0.4, -0.2) is 17.0 Å². The number of amides is 1. The number of hydrogen-bond donors (Lipinski definition) is 2. The molecule has 0 spiro atoms. The Morgan fingerprint density at radius 2 is 1.65 bits per heavy atom. The topological polar surface area (TPSA) is 75.6 Å². The number of aliphatic carboxylic acids is 1. The number of halogens is 2. The van der Waals surface area contributed by atoms with Crippen molar-refractivity contribution in [3.05, 3.63) is 106 Å². The molecule has 0 aromatic heterocycles. The number of aryl methyl sites for hydroxylation is 1. The highest BCUT2D eigenvalue weighted by Crippen LogP contribution is 2.17. The van der Waals surface area contributed by atoms with Crippen LogP contribution < -0.4 is 10.1 Å². The Morgan fingerprint density at radius 3 is 2.26 bits per heavy atom. The van der Waals surface area contributed by atoms with Crippen molar-refractivity contribution in [1.82, 2.24) is 5.32 Å². The van der Waals surface area contributed by atoms with E-state index in [2.05, 4.69) is 0 Å². The summed E-state index contributed by atoms with van der Waals surface area (Å²) in [6, 6.07) is 17.3. The maximum atomic E-state index is 13.8. The van der Waals surface area contributed by atoms with Crippen LogP contribution in [-0.2, 0) is 11.4 Å². The fourth-order valence-electron chi connectivity index (χ4n) is 2.85. The van der Waals surface area contributed by atoms with Gasteiger partial charge in [0.05, 0.1) is 0 Å². The highest BCUT2D eigenvalue weighted by atomic mass is 19.1. The minimum atomic E-state index is -1.45. The van der Waals surface area contributed by atoms with Crippen LogP contribution in [0.4, 0.5) is 8.78 Å². The van der Waals surface area contributed by atoms with E-state index in [0.29, 0.717) is 17.9 Å². The SMILES string of the molecule is Cc1cccc(COc2ccc(/C=C(/NC(=O)c3c(F)cccc3F)C(=O)O)cc2)c1. The van der Waals surface area contributed by atoms with Crippen molar-refractivity contribution >= 4 is 18.0 Å². The molecule has 5 nitrogen and oxygen atoms in total. The first-order chi connectivity index (χ1) is 14.8. The summed E-state index contributed by atoms with van der Waals surface area (Å²) < 4.78 is 33.2. The maximum absolute atomic E-state index is 13.8. The van der Waals surface area contributed by atoms with Gasteiger partial charge in [-0.3, -0.25) is 4.79 Å². The average molecular weight is 423 g/mol. The lowest BCUT2D eigenvalue weighted by Crippen LogP contribution is -2.28. The molecular weight excluding hydrogens is 404 g/mol. The number of rotatable bonds is 7. The van der Waals surface area contributed by atoms with Crippen molar-refractivity contribution in [2.24, 2.45) is 0 Å². The van der Waals surface area contributed by atoms with Gasteiger partial charge >= 0.3 is 5.97 Å². The van der Waals surface area contributed by atoms with Gasteiger partial charge in [-0.05, 0) is 48.4 Å². The summed E-state index contributed by atoms with van der Waals surface area (Å²) in [6.45, 7) is 2.37. The summed E-state index contributed by atoms with van der Waals surface area (Å²) in [7, 11) is 0. The monoisotopic (exact) mass is 423 g/mol. The van der Waals surface area contributed by atoms with Crippen LogP contribution in [0.2, 0.25) is 0 Å². The molecule has 0 aliphatic carbocycles. The smallest absolute Gasteiger partial charge is 0.352 e. The van der Waals surface area contributed by atoms with Gasteiger partial charge in [0.15, 0.2) is 0 Å². The molecule has 0 saturated carbocycles. The summed E-state index contributed by atoms with van der Waals surface area (Å²) in [4.78, 5) is 23.7. The predicted octanol–water partition coefficient (Wildman–Crippen LogP) is 4.71.